The highest BCUT2D eigenvalue weighted by Gasteiger charge is 2.32. The molecule has 5 nitrogen and oxygen atoms in total. The van der Waals surface area contributed by atoms with E-state index in [1.54, 1.807) is 0 Å². The number of hydrogen-bond donors (Lipinski definition) is 3. The van der Waals surface area contributed by atoms with Crippen molar-refractivity contribution < 1.29 is 9.90 Å². The van der Waals surface area contributed by atoms with E-state index in [0.29, 0.717) is 6.42 Å². The van der Waals surface area contributed by atoms with Crippen molar-refractivity contribution in [1.82, 2.24) is 15.5 Å². The van der Waals surface area contributed by atoms with Crippen molar-refractivity contribution >= 4 is 5.91 Å². The first kappa shape index (κ1) is 17.4. The average Bonchev–Trinajstić information content (AvgIpc) is 2.54. The van der Waals surface area contributed by atoms with Gasteiger partial charge in [-0.3, -0.25) is 9.69 Å². The first-order valence-corrected chi connectivity index (χ1v) is 8.80. The Morgan fingerprint density at radius 2 is 2.14 bits per heavy atom. The number of aliphatic hydroxyl groups is 1. The number of nitrogens with one attached hydrogen (secondary N) is 2. The zero-order chi connectivity index (χ0) is 15.8. The minimum absolute atomic E-state index is 0.116. The summed E-state index contributed by atoms with van der Waals surface area (Å²) in [6.45, 7) is 5.71. The molecule has 2 rings (SSSR count). The number of hydrogen-bond acceptors (Lipinski definition) is 4. The molecule has 0 aromatic heterocycles. The molecule has 2 aliphatic heterocycles. The summed E-state index contributed by atoms with van der Waals surface area (Å²) < 4.78 is 0. The van der Waals surface area contributed by atoms with Gasteiger partial charge in [-0.05, 0) is 51.7 Å². The summed E-state index contributed by atoms with van der Waals surface area (Å²) in [6, 6.07) is 0.263. The average molecular weight is 309 g/mol. The minimum Gasteiger partial charge on any atom is -0.391 e. The third-order valence-corrected chi connectivity index (χ3v) is 4.72. The first-order chi connectivity index (χ1) is 10.7. The molecule has 0 saturated carbocycles. The fourth-order valence-corrected chi connectivity index (χ4v) is 3.41. The van der Waals surface area contributed by atoms with E-state index in [4.69, 9.17) is 0 Å². The zero-order valence-corrected chi connectivity index (χ0v) is 13.8. The van der Waals surface area contributed by atoms with Crippen LogP contribution in [0.15, 0.2) is 12.2 Å². The Morgan fingerprint density at radius 1 is 1.32 bits per heavy atom. The van der Waals surface area contributed by atoms with Crippen LogP contribution >= 0.6 is 0 Å². The number of aliphatic hydroxyl groups excluding tert-OH is 1. The van der Waals surface area contributed by atoms with Crippen LogP contribution in [-0.4, -0.2) is 60.3 Å². The van der Waals surface area contributed by atoms with Gasteiger partial charge in [0.1, 0.15) is 0 Å². The summed E-state index contributed by atoms with van der Waals surface area (Å²) in [4.78, 5) is 14.5. The standard InChI is InChI=1S/C17H31N3O2/c1-2-16(21)15-8-5-7-14-13-17(22)19-11-6-10-18-9-3-4-12-20(14)15/h5,7,14-16,18,21H,2-4,6,8-13H2,1H3,(H,19,22). The molecule has 1 fully saturated rings. The SMILES string of the molecule is CCC(O)C1CC=CC2CC(=O)NCCCNCCCCN21. The molecule has 2 aliphatic rings. The van der Waals surface area contributed by atoms with Crippen molar-refractivity contribution in [2.24, 2.45) is 0 Å². The van der Waals surface area contributed by atoms with Crippen LogP contribution in [0.3, 0.4) is 0 Å². The summed E-state index contributed by atoms with van der Waals surface area (Å²) in [5.41, 5.74) is 0. The highest BCUT2D eigenvalue weighted by atomic mass is 16.3. The van der Waals surface area contributed by atoms with E-state index in [0.717, 1.165) is 58.3 Å². The summed E-state index contributed by atoms with van der Waals surface area (Å²) in [5.74, 6) is 0.116. The zero-order valence-electron chi connectivity index (χ0n) is 13.8. The topological polar surface area (TPSA) is 64.6 Å². The third kappa shape index (κ3) is 5.07. The molecule has 3 N–H and O–H groups in total. The molecule has 0 spiro atoms. The second kappa shape index (κ2) is 9.28. The molecule has 5 heteroatoms. The fourth-order valence-electron chi connectivity index (χ4n) is 3.41. The number of fused-ring (bicyclic) bond motifs is 1. The molecule has 3 unspecified atom stereocenters. The van der Waals surface area contributed by atoms with Gasteiger partial charge >= 0.3 is 0 Å². The molecule has 1 saturated heterocycles. The molecule has 0 aliphatic carbocycles. The third-order valence-electron chi connectivity index (χ3n) is 4.72. The Balaban J connectivity index is 2.06. The van der Waals surface area contributed by atoms with Crippen molar-refractivity contribution in [3.8, 4) is 0 Å². The quantitative estimate of drug-likeness (QED) is 0.667. The molecule has 0 aromatic carbocycles. The van der Waals surface area contributed by atoms with E-state index in [1.807, 2.05) is 6.92 Å². The lowest BCUT2D eigenvalue weighted by Gasteiger charge is -2.41. The lowest BCUT2D eigenvalue weighted by Crippen LogP contribution is -2.51. The lowest BCUT2D eigenvalue weighted by molar-refractivity contribution is -0.122. The van der Waals surface area contributed by atoms with Crippen LogP contribution in [0, 0.1) is 0 Å². The first-order valence-electron chi connectivity index (χ1n) is 8.80. The van der Waals surface area contributed by atoms with Crippen molar-refractivity contribution in [3.63, 3.8) is 0 Å². The van der Waals surface area contributed by atoms with Crippen LogP contribution in [0.25, 0.3) is 0 Å². The Kier molecular flexibility index (Phi) is 7.36. The molecule has 2 heterocycles. The molecule has 1 amide bonds. The van der Waals surface area contributed by atoms with Crippen LogP contribution in [0.1, 0.15) is 45.4 Å². The number of carbonyl (C=O) groups is 1. The lowest BCUT2D eigenvalue weighted by atomic mass is 9.94. The van der Waals surface area contributed by atoms with E-state index in [9.17, 15) is 9.90 Å². The van der Waals surface area contributed by atoms with Crippen LogP contribution in [0.5, 0.6) is 0 Å². The smallest absolute Gasteiger partial charge is 0.221 e. The van der Waals surface area contributed by atoms with Crippen molar-refractivity contribution in [2.75, 3.05) is 26.2 Å². The van der Waals surface area contributed by atoms with E-state index in [2.05, 4.69) is 27.7 Å². The second-order valence-electron chi connectivity index (χ2n) is 6.38. The highest BCUT2D eigenvalue weighted by molar-refractivity contribution is 5.76. The highest BCUT2D eigenvalue weighted by Crippen LogP contribution is 2.24. The van der Waals surface area contributed by atoms with E-state index in [-0.39, 0.29) is 24.1 Å². The maximum absolute atomic E-state index is 12.1. The van der Waals surface area contributed by atoms with Gasteiger partial charge in [0, 0.05) is 25.0 Å². The van der Waals surface area contributed by atoms with Gasteiger partial charge in [-0.15, -0.1) is 0 Å². The second-order valence-corrected chi connectivity index (χ2v) is 6.38. The van der Waals surface area contributed by atoms with Gasteiger partial charge in [0.15, 0.2) is 0 Å². The largest absolute Gasteiger partial charge is 0.391 e. The van der Waals surface area contributed by atoms with E-state index >= 15 is 0 Å². The molecule has 3 atom stereocenters. The molecule has 126 valence electrons. The van der Waals surface area contributed by atoms with Crippen molar-refractivity contribution in [1.29, 1.82) is 0 Å². The van der Waals surface area contributed by atoms with Gasteiger partial charge in [-0.2, -0.15) is 0 Å². The van der Waals surface area contributed by atoms with Gasteiger partial charge in [0.2, 0.25) is 5.91 Å². The molecular weight excluding hydrogens is 278 g/mol. The maximum Gasteiger partial charge on any atom is 0.221 e. The summed E-state index contributed by atoms with van der Waals surface area (Å²) in [7, 11) is 0. The predicted octanol–water partition coefficient (Wildman–Crippen LogP) is 1.04. The fraction of sp³-hybridized carbons (Fsp3) is 0.824. The summed E-state index contributed by atoms with van der Waals surface area (Å²) in [6.07, 6.45) is 9.33. The molecule has 0 aromatic rings. The Hall–Kier alpha value is -0.910. The summed E-state index contributed by atoms with van der Waals surface area (Å²) in [5, 5.41) is 16.8. The van der Waals surface area contributed by atoms with Crippen LogP contribution in [-0.2, 0) is 4.79 Å². The maximum atomic E-state index is 12.1. The molecule has 0 bridgehead atoms. The van der Waals surface area contributed by atoms with Crippen molar-refractivity contribution in [2.45, 2.75) is 63.6 Å². The van der Waals surface area contributed by atoms with Gasteiger partial charge in [-0.1, -0.05) is 19.1 Å². The summed E-state index contributed by atoms with van der Waals surface area (Å²) >= 11 is 0. The number of amides is 1. The van der Waals surface area contributed by atoms with Crippen LogP contribution in [0.4, 0.5) is 0 Å². The monoisotopic (exact) mass is 309 g/mol. The molecular formula is C17H31N3O2. The minimum atomic E-state index is -0.315. The van der Waals surface area contributed by atoms with Gasteiger partial charge in [0.25, 0.3) is 0 Å². The Labute approximate surface area is 134 Å². The van der Waals surface area contributed by atoms with E-state index in [1.165, 1.54) is 0 Å². The number of carbonyl (C=O) groups excluding carboxylic acids is 1. The number of nitrogens with zero attached hydrogens (tertiary/aromatic N) is 1. The van der Waals surface area contributed by atoms with Crippen molar-refractivity contribution in [3.05, 3.63) is 12.2 Å². The molecule has 22 heavy (non-hydrogen) atoms. The normalized spacial score (nSPS) is 30.4. The predicted molar refractivity (Wildman–Crippen MR) is 88.7 cm³/mol. The van der Waals surface area contributed by atoms with Crippen LogP contribution < -0.4 is 10.6 Å². The Bertz CT molecular complexity index is 373. The Morgan fingerprint density at radius 3 is 2.95 bits per heavy atom. The van der Waals surface area contributed by atoms with Crippen LogP contribution in [0.2, 0.25) is 0 Å². The molecule has 0 radical (unpaired) electrons. The van der Waals surface area contributed by atoms with Gasteiger partial charge in [-0.25, -0.2) is 0 Å². The van der Waals surface area contributed by atoms with E-state index < -0.39 is 0 Å². The van der Waals surface area contributed by atoms with Gasteiger partial charge in [0.05, 0.1) is 6.10 Å². The number of rotatable bonds is 2. The van der Waals surface area contributed by atoms with Gasteiger partial charge < -0.3 is 15.7 Å².